The minimum atomic E-state index is -1.05. The highest BCUT2D eigenvalue weighted by Gasteiger charge is 2.40. The maximum atomic E-state index is 10.7. The number of aliphatic imine (C=N–C) groups is 1. The van der Waals surface area contributed by atoms with Gasteiger partial charge < -0.3 is 113 Å². The number of rotatable bonds is 30. The van der Waals surface area contributed by atoms with E-state index in [1.54, 1.807) is 31.6 Å². The second-order valence-electron chi connectivity index (χ2n) is 27.5. The molecule has 114 heavy (non-hydrogen) atoms. The third kappa shape index (κ3) is 48.9. The molecular formula is C79H121N15O20. The molecule has 2 heterocycles. The molecule has 0 amide bonds. The summed E-state index contributed by atoms with van der Waals surface area (Å²) in [6.07, 6.45) is 15.7. The number of hydrogen-bond acceptors (Lipinski definition) is 25. The lowest BCUT2D eigenvalue weighted by molar-refractivity contribution is -0.147. The van der Waals surface area contributed by atoms with Crippen LogP contribution in [0.3, 0.4) is 0 Å². The van der Waals surface area contributed by atoms with Gasteiger partial charge in [-0.15, -0.1) is 11.7 Å². The number of nitrogens with zero attached hydrogens (tertiary/aromatic N) is 5. The summed E-state index contributed by atoms with van der Waals surface area (Å²) < 4.78 is 0. The van der Waals surface area contributed by atoms with E-state index in [1.807, 2.05) is 145 Å². The zero-order valence-electron chi connectivity index (χ0n) is 66.0. The second kappa shape index (κ2) is 58.2. The Hall–Kier alpha value is -10.7. The Morgan fingerprint density at radius 2 is 0.816 bits per heavy atom. The zero-order valence-corrected chi connectivity index (χ0v) is 66.0. The molecule has 8 atom stereocenters. The third-order valence-corrected chi connectivity index (χ3v) is 16.9. The summed E-state index contributed by atoms with van der Waals surface area (Å²) in [5.41, 5.74) is 54.7. The summed E-state index contributed by atoms with van der Waals surface area (Å²) in [5, 5.41) is 94.7. The number of aliphatic carboxylic acids is 10. The smallest absolute Gasteiger partial charge is 0.323 e. The number of nitrogens with two attached hydrogens (primary N) is 9. The molecule has 0 spiro atoms. The average Bonchev–Trinajstić information content (AvgIpc) is 0.873. The van der Waals surface area contributed by atoms with Crippen molar-refractivity contribution in [2.75, 3.05) is 34.4 Å². The van der Waals surface area contributed by atoms with Crippen LogP contribution in [-0.4, -0.2) is 220 Å². The molecule has 3 aliphatic rings. The second-order valence-corrected chi connectivity index (χ2v) is 27.5. The van der Waals surface area contributed by atoms with E-state index in [9.17, 15) is 47.9 Å². The molecule has 35 heteroatoms. The van der Waals surface area contributed by atoms with E-state index in [4.69, 9.17) is 103 Å². The molecule has 5 aromatic rings. The van der Waals surface area contributed by atoms with Gasteiger partial charge in [0.05, 0.1) is 0 Å². The van der Waals surface area contributed by atoms with E-state index in [1.165, 1.54) is 6.08 Å². The van der Waals surface area contributed by atoms with Crippen molar-refractivity contribution >= 4 is 65.5 Å². The van der Waals surface area contributed by atoms with Crippen LogP contribution in [0.25, 0.3) is 11.1 Å². The molecule has 0 unspecified atom stereocenters. The average molecular weight is 1600 g/mol. The minimum Gasteiger partial charge on any atom is -0.480 e. The Kier molecular flexibility index (Phi) is 53.8. The standard InChI is InChI=1S/C15H15NO2.2C10H13NO2.C8H10N2O2.C8H18N2O2.C7H13NO2.C6H13NO2.C5H8N4O2.2C5H9NO2/c16-14(15(17)18)10-11-6-8-13(9-7-11)12-4-2-1-3-5-12;2*1-7-2-4-8(5-3-7)6-9(11)10(12)13;9-7(8(11)12)5-6-1-3-10-4-2-6;1-10(2)6-4-3-5-7(9)8(11)12;8-7(6(9)10)4-2-1-3-5-7;1-4(2)5(7-3)6(8)9;6-3(5(10)11)1-4-7-2-8-9-4;6-5(4(7)8)2-1-3-5;1-2-3-4(6)5(7)8/h1-9,14H,10,16H2,(H,17,18);2*2-5,9H,6,11H2,1H3,(H,12,13);1-4,7H,5,9H2,(H,11,12);7H,3-6,9H2,1-2H3,(H,11,12);1-5,8H2,(H,9,10);4-5,7H,1-3H3,(H,8,9);3H,1-2,6H2,(H,10,11);1-3,6H2,(H,7,8);2,4H,1,3,6H2,(H,7,8)/t14-;2*9-;2*7-;;5-;3-;;4-/m00000.10.0/s1. The highest BCUT2D eigenvalue weighted by Crippen LogP contribution is 2.29. The number of aryl methyl sites for hydroxylation is 2. The lowest BCUT2D eigenvalue weighted by atomic mass is 9.78. The first-order valence-corrected chi connectivity index (χ1v) is 36.5. The van der Waals surface area contributed by atoms with Gasteiger partial charge in [-0.2, -0.15) is 5.11 Å². The summed E-state index contributed by atoms with van der Waals surface area (Å²) in [4.78, 5) is 113. The molecule has 1 aromatic heterocycles. The number of hydrogen-bond donors (Lipinski definition) is 20. The maximum Gasteiger partial charge on any atom is 0.323 e. The summed E-state index contributed by atoms with van der Waals surface area (Å²) in [7, 11) is 5.65. The summed E-state index contributed by atoms with van der Waals surface area (Å²) in [5.74, 6) is -8.72. The number of aromatic nitrogens is 1. The molecule has 35 nitrogen and oxygen atoms in total. The Labute approximate surface area is 665 Å². The van der Waals surface area contributed by atoms with Gasteiger partial charge in [0.15, 0.2) is 6.67 Å². The monoisotopic (exact) mass is 1600 g/mol. The molecule has 2 saturated carbocycles. The van der Waals surface area contributed by atoms with E-state index >= 15 is 0 Å². The SMILES string of the molecule is C=CC[C@H](N)C(=O)O.CN(C)CCCC[C@H](N)C(=O)O.CN[C@@H](C(=O)O)C(C)C.Cc1ccc(C[C@H](N)C(=O)O)cc1.Cc1ccc(C[C@H](N)C(=O)O)cc1.NC1(C(=O)O)CCC1.NC1(C(=O)O)CCCCC1.N[C@@H](CC1=NCN=N1)C(=O)O.N[C@@H](Cc1ccc(-c2ccccc2)cc1)C(=O)O.N[C@@H](Cc1ccncc1)C(=O)O. The fourth-order valence-electron chi connectivity index (χ4n) is 9.55. The molecule has 29 N–H and O–H groups in total. The predicted octanol–water partition coefficient (Wildman–Crippen LogP) is 4.96. The van der Waals surface area contributed by atoms with Crippen LogP contribution in [0.1, 0.15) is 131 Å². The van der Waals surface area contributed by atoms with Gasteiger partial charge in [-0.25, -0.2) is 4.99 Å². The first kappa shape index (κ1) is 105. The van der Waals surface area contributed by atoms with Crippen molar-refractivity contribution in [1.29, 1.82) is 0 Å². The molecular weight excluding hydrogens is 1480 g/mol. The van der Waals surface area contributed by atoms with Gasteiger partial charge in [0.1, 0.15) is 65.2 Å². The van der Waals surface area contributed by atoms with Crippen LogP contribution in [0.4, 0.5) is 0 Å². The summed E-state index contributed by atoms with van der Waals surface area (Å²) in [6.45, 7) is 12.3. The number of carboxylic acids is 10. The fourth-order valence-corrected chi connectivity index (χ4v) is 9.55. The number of carbonyl (C=O) groups is 10. The Bertz CT molecular complexity index is 3650. The van der Waals surface area contributed by atoms with Gasteiger partial charge in [-0.05, 0) is 170 Å². The van der Waals surface area contributed by atoms with Gasteiger partial charge in [0, 0.05) is 18.8 Å². The predicted molar refractivity (Wildman–Crippen MR) is 433 cm³/mol. The highest BCUT2D eigenvalue weighted by atomic mass is 16.4. The van der Waals surface area contributed by atoms with Crippen LogP contribution in [0.2, 0.25) is 0 Å². The van der Waals surface area contributed by atoms with E-state index in [0.29, 0.717) is 76.7 Å². The van der Waals surface area contributed by atoms with Gasteiger partial charge in [0.25, 0.3) is 0 Å². The quantitative estimate of drug-likeness (QED) is 0.0213. The topological polar surface area (TPSA) is 672 Å². The van der Waals surface area contributed by atoms with Crippen molar-refractivity contribution in [2.24, 2.45) is 72.7 Å². The molecule has 0 bridgehead atoms. The molecule has 2 aliphatic carbocycles. The van der Waals surface area contributed by atoms with Crippen LogP contribution in [0.15, 0.2) is 156 Å². The van der Waals surface area contributed by atoms with Gasteiger partial charge in [-0.1, -0.05) is 160 Å². The highest BCUT2D eigenvalue weighted by molar-refractivity contribution is 5.89. The van der Waals surface area contributed by atoms with E-state index in [0.717, 1.165) is 89.6 Å². The Balaban J connectivity index is 0. The van der Waals surface area contributed by atoms with Crippen molar-refractivity contribution in [3.63, 3.8) is 0 Å². The fraction of sp³-hybridized carbons (Fsp3) is 0.468. The number of pyridine rings is 1. The molecule has 4 aromatic carbocycles. The van der Waals surface area contributed by atoms with Gasteiger partial charge >= 0.3 is 59.7 Å². The molecule has 2 fully saturated rings. The molecule has 1 aliphatic heterocycles. The van der Waals surface area contributed by atoms with Crippen molar-refractivity contribution in [1.82, 2.24) is 15.2 Å². The van der Waals surface area contributed by atoms with Crippen molar-refractivity contribution in [2.45, 2.75) is 196 Å². The van der Waals surface area contributed by atoms with Crippen LogP contribution >= 0.6 is 0 Å². The molecule has 632 valence electrons. The number of nitrogens with one attached hydrogen (secondary N) is 1. The number of amidine groups is 1. The van der Waals surface area contributed by atoms with Crippen LogP contribution in [0, 0.1) is 19.8 Å². The van der Waals surface area contributed by atoms with E-state index in [2.05, 4.69) is 37.0 Å². The number of likely N-dealkylation sites (N-methyl/N-ethyl adjacent to an activating group) is 1. The summed E-state index contributed by atoms with van der Waals surface area (Å²) in [6, 6.07) is 30.7. The Morgan fingerprint density at radius 3 is 1.09 bits per heavy atom. The number of unbranched alkanes of at least 4 members (excludes halogenated alkanes) is 1. The van der Waals surface area contributed by atoms with Crippen molar-refractivity contribution in [3.05, 3.63) is 174 Å². The summed E-state index contributed by atoms with van der Waals surface area (Å²) >= 11 is 0. The molecule has 8 rings (SSSR count). The van der Waals surface area contributed by atoms with Crippen LogP contribution in [0.5, 0.6) is 0 Å². The Morgan fingerprint density at radius 1 is 0.465 bits per heavy atom. The minimum absolute atomic E-state index is 0.146. The van der Waals surface area contributed by atoms with Crippen molar-refractivity contribution in [3.8, 4) is 11.1 Å². The maximum absolute atomic E-state index is 10.7. The number of carboxylic acid groups (broad SMARTS) is 10. The number of benzene rings is 4. The first-order valence-electron chi connectivity index (χ1n) is 36.5. The first-order chi connectivity index (χ1) is 53.4. The third-order valence-electron chi connectivity index (χ3n) is 16.9. The largest absolute Gasteiger partial charge is 0.480 e. The van der Waals surface area contributed by atoms with Crippen LogP contribution in [-0.2, 0) is 73.6 Å². The van der Waals surface area contributed by atoms with Gasteiger partial charge in [0.2, 0.25) is 0 Å². The van der Waals surface area contributed by atoms with Crippen LogP contribution < -0.4 is 56.9 Å². The van der Waals surface area contributed by atoms with E-state index in [-0.39, 0.29) is 12.3 Å². The lowest BCUT2D eigenvalue weighted by Crippen LogP contribution is -2.53. The molecule has 0 saturated heterocycles. The molecule has 0 radical (unpaired) electrons. The van der Waals surface area contributed by atoms with E-state index < -0.39 is 119 Å². The zero-order chi connectivity index (χ0) is 87.3. The normalized spacial score (nSPS) is 15.0. The van der Waals surface area contributed by atoms with Gasteiger partial charge in [-0.3, -0.25) is 52.9 Å². The van der Waals surface area contributed by atoms with Crippen molar-refractivity contribution < 1.29 is 99.0 Å². The number of azo groups is 1. The lowest BCUT2D eigenvalue weighted by Gasteiger charge is -2.32.